The van der Waals surface area contributed by atoms with Gasteiger partial charge in [-0.05, 0) is 38.3 Å². The number of carbonyl (C=O) groups is 1. The summed E-state index contributed by atoms with van der Waals surface area (Å²) in [4.78, 5) is 11.5. The molecule has 2 atom stereocenters. The summed E-state index contributed by atoms with van der Waals surface area (Å²) in [6, 6.07) is 0. The third-order valence-corrected chi connectivity index (χ3v) is 2.90. The summed E-state index contributed by atoms with van der Waals surface area (Å²) in [5.41, 5.74) is 0.174. The summed E-state index contributed by atoms with van der Waals surface area (Å²) in [6.45, 7) is 1.71. The topological polar surface area (TPSA) is 37.3 Å². The lowest BCUT2D eigenvalue weighted by Gasteiger charge is -2.24. The van der Waals surface area contributed by atoms with E-state index in [1.165, 1.54) is 6.08 Å². The first-order valence-electron chi connectivity index (χ1n) is 4.75. The Morgan fingerprint density at radius 2 is 2.38 bits per heavy atom. The largest absolute Gasteiger partial charge is 0.385 e. The molecular formula is C11H14O2. The molecular weight excluding hydrogens is 164 g/mol. The van der Waals surface area contributed by atoms with Crippen LogP contribution >= 0.6 is 0 Å². The standard InChI is InChI=1S/C11H14O2/c1-11(13)7-6-9(12)10(11)8-4-2-3-5-8/h4,6-7,10,13H,2-3,5H2,1H3. The minimum absolute atomic E-state index is 0.0538. The molecule has 2 rings (SSSR count). The summed E-state index contributed by atoms with van der Waals surface area (Å²) in [5.74, 6) is -0.242. The van der Waals surface area contributed by atoms with Gasteiger partial charge in [0, 0.05) is 0 Å². The Hall–Kier alpha value is -0.890. The smallest absolute Gasteiger partial charge is 0.165 e. The van der Waals surface area contributed by atoms with Gasteiger partial charge in [0.25, 0.3) is 0 Å². The van der Waals surface area contributed by atoms with Gasteiger partial charge in [0.1, 0.15) is 0 Å². The molecule has 0 aromatic carbocycles. The molecule has 0 saturated carbocycles. The average Bonchev–Trinajstić information content (AvgIpc) is 2.60. The number of rotatable bonds is 1. The van der Waals surface area contributed by atoms with Crippen molar-refractivity contribution in [1.82, 2.24) is 0 Å². The van der Waals surface area contributed by atoms with Gasteiger partial charge >= 0.3 is 0 Å². The molecule has 0 aromatic heterocycles. The van der Waals surface area contributed by atoms with E-state index < -0.39 is 5.60 Å². The van der Waals surface area contributed by atoms with Crippen molar-refractivity contribution in [2.24, 2.45) is 5.92 Å². The minimum atomic E-state index is -0.951. The van der Waals surface area contributed by atoms with Crippen LogP contribution in [0.2, 0.25) is 0 Å². The van der Waals surface area contributed by atoms with Crippen molar-refractivity contribution >= 4 is 5.78 Å². The molecule has 2 unspecified atom stereocenters. The molecule has 0 fully saturated rings. The highest BCUT2D eigenvalue weighted by atomic mass is 16.3. The number of aliphatic hydroxyl groups is 1. The van der Waals surface area contributed by atoms with E-state index in [4.69, 9.17) is 0 Å². The van der Waals surface area contributed by atoms with Gasteiger partial charge in [-0.1, -0.05) is 11.6 Å². The highest BCUT2D eigenvalue weighted by Gasteiger charge is 2.41. The van der Waals surface area contributed by atoms with Crippen molar-refractivity contribution in [1.29, 1.82) is 0 Å². The predicted molar refractivity (Wildman–Crippen MR) is 50.2 cm³/mol. The maximum Gasteiger partial charge on any atom is 0.165 e. The van der Waals surface area contributed by atoms with Crippen LogP contribution in [0.3, 0.4) is 0 Å². The molecule has 0 spiro atoms. The predicted octanol–water partition coefficient (Wildman–Crippen LogP) is 1.60. The van der Waals surface area contributed by atoms with Crippen LogP contribution in [0, 0.1) is 5.92 Å². The Labute approximate surface area is 78.0 Å². The van der Waals surface area contributed by atoms with E-state index in [1.54, 1.807) is 13.0 Å². The zero-order valence-corrected chi connectivity index (χ0v) is 7.79. The second kappa shape index (κ2) is 2.81. The molecule has 0 aromatic rings. The van der Waals surface area contributed by atoms with E-state index in [-0.39, 0.29) is 11.7 Å². The number of hydrogen-bond donors (Lipinski definition) is 1. The van der Waals surface area contributed by atoms with Gasteiger partial charge in [-0.25, -0.2) is 0 Å². The van der Waals surface area contributed by atoms with E-state index in [0.717, 1.165) is 24.8 Å². The second-order valence-corrected chi connectivity index (χ2v) is 4.07. The van der Waals surface area contributed by atoms with Crippen LogP contribution < -0.4 is 0 Å². The average molecular weight is 178 g/mol. The highest BCUT2D eigenvalue weighted by Crippen LogP contribution is 2.37. The van der Waals surface area contributed by atoms with Crippen LogP contribution in [0.1, 0.15) is 26.2 Å². The van der Waals surface area contributed by atoms with Gasteiger partial charge in [0.15, 0.2) is 5.78 Å². The second-order valence-electron chi connectivity index (χ2n) is 4.07. The van der Waals surface area contributed by atoms with Gasteiger partial charge in [-0.15, -0.1) is 0 Å². The summed E-state index contributed by atoms with van der Waals surface area (Å²) < 4.78 is 0. The third-order valence-electron chi connectivity index (χ3n) is 2.90. The molecule has 2 nitrogen and oxygen atoms in total. The van der Waals surface area contributed by atoms with Crippen LogP contribution in [-0.4, -0.2) is 16.5 Å². The first-order valence-corrected chi connectivity index (χ1v) is 4.75. The molecule has 2 aliphatic carbocycles. The van der Waals surface area contributed by atoms with Crippen LogP contribution in [-0.2, 0) is 4.79 Å². The Balaban J connectivity index is 2.27. The van der Waals surface area contributed by atoms with Crippen molar-refractivity contribution in [2.75, 3.05) is 0 Å². The molecule has 0 amide bonds. The fourth-order valence-corrected chi connectivity index (χ4v) is 2.25. The maximum atomic E-state index is 11.5. The molecule has 0 radical (unpaired) electrons. The van der Waals surface area contributed by atoms with Crippen molar-refractivity contribution in [3.05, 3.63) is 23.8 Å². The third kappa shape index (κ3) is 1.35. The molecule has 2 heteroatoms. The number of allylic oxidation sites excluding steroid dienone is 2. The fourth-order valence-electron chi connectivity index (χ4n) is 2.25. The Bertz CT molecular complexity index is 297. The molecule has 0 saturated heterocycles. The van der Waals surface area contributed by atoms with Crippen LogP contribution in [0.15, 0.2) is 23.8 Å². The normalized spacial score (nSPS) is 38.5. The van der Waals surface area contributed by atoms with E-state index >= 15 is 0 Å². The van der Waals surface area contributed by atoms with Crippen LogP contribution in [0.5, 0.6) is 0 Å². The van der Waals surface area contributed by atoms with Gasteiger partial charge < -0.3 is 5.11 Å². The molecule has 0 bridgehead atoms. The zero-order valence-electron chi connectivity index (χ0n) is 7.79. The Kier molecular flexibility index (Phi) is 1.88. The lowest BCUT2D eigenvalue weighted by Crippen LogP contribution is -2.33. The maximum absolute atomic E-state index is 11.5. The Morgan fingerprint density at radius 3 is 2.85 bits per heavy atom. The summed E-state index contributed by atoms with van der Waals surface area (Å²) >= 11 is 0. The first kappa shape index (κ1) is 8.70. The molecule has 1 N–H and O–H groups in total. The lowest BCUT2D eigenvalue weighted by atomic mass is 9.84. The van der Waals surface area contributed by atoms with Crippen molar-refractivity contribution < 1.29 is 9.90 Å². The van der Waals surface area contributed by atoms with Gasteiger partial charge in [-0.3, -0.25) is 4.79 Å². The first-order chi connectivity index (χ1) is 6.11. The Morgan fingerprint density at radius 1 is 1.62 bits per heavy atom. The monoisotopic (exact) mass is 178 g/mol. The van der Waals surface area contributed by atoms with E-state index in [9.17, 15) is 9.90 Å². The molecule has 0 aliphatic heterocycles. The van der Waals surface area contributed by atoms with Crippen molar-refractivity contribution in [2.45, 2.75) is 31.8 Å². The molecule has 70 valence electrons. The van der Waals surface area contributed by atoms with Crippen LogP contribution in [0.4, 0.5) is 0 Å². The highest BCUT2D eigenvalue weighted by molar-refractivity contribution is 5.98. The van der Waals surface area contributed by atoms with Crippen LogP contribution in [0.25, 0.3) is 0 Å². The SMILES string of the molecule is CC1(O)C=CC(=O)C1C1=CCCC1. The molecule has 0 heterocycles. The number of carbonyl (C=O) groups excluding carboxylic acids is 1. The van der Waals surface area contributed by atoms with Gasteiger partial charge in [-0.2, -0.15) is 0 Å². The van der Waals surface area contributed by atoms with Crippen molar-refractivity contribution in [3.8, 4) is 0 Å². The summed E-state index contributed by atoms with van der Waals surface area (Å²) in [5, 5.41) is 9.94. The quantitative estimate of drug-likeness (QED) is 0.619. The van der Waals surface area contributed by atoms with Gasteiger partial charge in [0.2, 0.25) is 0 Å². The van der Waals surface area contributed by atoms with E-state index in [1.807, 2.05) is 0 Å². The number of ketones is 1. The lowest BCUT2D eigenvalue weighted by molar-refractivity contribution is -0.120. The summed E-state index contributed by atoms with van der Waals surface area (Å²) in [7, 11) is 0. The van der Waals surface area contributed by atoms with E-state index in [2.05, 4.69) is 6.08 Å². The summed E-state index contributed by atoms with van der Waals surface area (Å²) in [6.07, 6.45) is 8.35. The minimum Gasteiger partial charge on any atom is -0.385 e. The van der Waals surface area contributed by atoms with Crippen molar-refractivity contribution in [3.63, 3.8) is 0 Å². The van der Waals surface area contributed by atoms with E-state index in [0.29, 0.717) is 0 Å². The molecule has 2 aliphatic rings. The number of hydrogen-bond acceptors (Lipinski definition) is 2. The van der Waals surface area contributed by atoms with Gasteiger partial charge in [0.05, 0.1) is 11.5 Å². The molecule has 13 heavy (non-hydrogen) atoms. The fraction of sp³-hybridized carbons (Fsp3) is 0.545. The zero-order chi connectivity index (χ0) is 9.47.